The van der Waals surface area contributed by atoms with Gasteiger partial charge in [-0.2, -0.15) is 5.10 Å². The van der Waals surface area contributed by atoms with Crippen LogP contribution in [0, 0.1) is 0 Å². The van der Waals surface area contributed by atoms with Gasteiger partial charge in [0, 0.05) is 11.8 Å². The maximum atomic E-state index is 5.92. The van der Waals surface area contributed by atoms with Crippen LogP contribution >= 0.6 is 0 Å². The summed E-state index contributed by atoms with van der Waals surface area (Å²) in [6.45, 7) is 6.91. The van der Waals surface area contributed by atoms with Crippen LogP contribution in [0.15, 0.2) is 41.5 Å². The monoisotopic (exact) mass is 273 g/mol. The predicted molar refractivity (Wildman–Crippen MR) is 80.4 cm³/mol. The van der Waals surface area contributed by atoms with Gasteiger partial charge in [-0.3, -0.25) is 10.1 Å². The van der Waals surface area contributed by atoms with Gasteiger partial charge in [0.15, 0.2) is 0 Å². The molecule has 5 heteroatoms. The molecule has 19 heavy (non-hydrogen) atoms. The summed E-state index contributed by atoms with van der Waals surface area (Å²) in [5.41, 5.74) is 2.94. The minimum absolute atomic E-state index is 0.621. The molecule has 100 valence electrons. The van der Waals surface area contributed by atoms with E-state index in [1.807, 2.05) is 31.2 Å². The quantitative estimate of drug-likeness (QED) is 0.672. The van der Waals surface area contributed by atoms with Crippen molar-refractivity contribution in [1.29, 1.82) is 0 Å². The Kier molecular flexibility index (Phi) is 4.51. The van der Waals surface area contributed by atoms with E-state index >= 15 is 0 Å². The molecule has 0 amide bonds. The Morgan fingerprint density at radius 3 is 2.79 bits per heavy atom. The molecule has 2 rings (SSSR count). The van der Waals surface area contributed by atoms with E-state index in [9.17, 15) is 0 Å². The zero-order chi connectivity index (χ0) is 13.7. The summed E-state index contributed by atoms with van der Waals surface area (Å²) < 4.78 is 5.92. The van der Waals surface area contributed by atoms with Crippen molar-refractivity contribution in [3.63, 3.8) is 0 Å². The Balaban J connectivity index is 2.13. The molecule has 0 aliphatic carbocycles. The van der Waals surface area contributed by atoms with Crippen LogP contribution in [-0.2, 0) is 6.54 Å². The highest BCUT2D eigenvalue weighted by Crippen LogP contribution is 2.19. The van der Waals surface area contributed by atoms with Gasteiger partial charge in [0.25, 0.3) is 0 Å². The van der Waals surface area contributed by atoms with Crippen molar-refractivity contribution in [3.05, 3.63) is 47.8 Å². The molecule has 0 saturated heterocycles. The molecule has 1 aromatic heterocycles. The summed E-state index contributed by atoms with van der Waals surface area (Å²) in [4.78, 5) is 4.57. The summed E-state index contributed by atoms with van der Waals surface area (Å²) in [6, 6.07) is 10.0. The molecule has 0 aliphatic heterocycles. The molecular formula is C14H19N3OSi. The van der Waals surface area contributed by atoms with Gasteiger partial charge in [0.2, 0.25) is 9.04 Å². The largest absolute Gasteiger partial charge is 0.547 e. The van der Waals surface area contributed by atoms with E-state index in [-0.39, 0.29) is 0 Å². The highest BCUT2D eigenvalue weighted by molar-refractivity contribution is 6.49. The van der Waals surface area contributed by atoms with E-state index in [2.05, 4.69) is 34.4 Å². The number of H-pyrrole nitrogens is 1. The van der Waals surface area contributed by atoms with Gasteiger partial charge in [0.1, 0.15) is 11.4 Å². The predicted octanol–water partition coefficient (Wildman–Crippen LogP) is 2.78. The average molecular weight is 273 g/mol. The molecule has 0 spiro atoms. The normalized spacial score (nSPS) is 11.9. The molecular weight excluding hydrogens is 254 g/mol. The number of aliphatic imine (C=N–C) groups is 1. The number of hydrogen-bond donors (Lipinski definition) is 1. The Labute approximate surface area is 115 Å². The minimum atomic E-state index is -1.09. The molecule has 1 aromatic carbocycles. The molecule has 0 aliphatic rings. The Hall–Kier alpha value is -1.88. The molecule has 0 fully saturated rings. The van der Waals surface area contributed by atoms with Crippen LogP contribution in [0.5, 0.6) is 5.75 Å². The summed E-state index contributed by atoms with van der Waals surface area (Å²) >= 11 is 0. The van der Waals surface area contributed by atoms with Gasteiger partial charge in [0.05, 0.1) is 12.3 Å². The lowest BCUT2D eigenvalue weighted by atomic mass is 10.2. The van der Waals surface area contributed by atoms with Crippen LogP contribution in [0.1, 0.15) is 18.2 Å². The molecule has 0 bridgehead atoms. The molecule has 0 saturated carbocycles. The van der Waals surface area contributed by atoms with Crippen LogP contribution in [0.3, 0.4) is 0 Å². The molecule has 4 nitrogen and oxygen atoms in total. The summed E-state index contributed by atoms with van der Waals surface area (Å²) in [6.07, 6.45) is 1.80. The third kappa shape index (κ3) is 3.79. The Morgan fingerprint density at radius 2 is 2.11 bits per heavy atom. The molecule has 1 N–H and O–H groups in total. The Bertz CT molecular complexity index is 550. The second-order valence-corrected chi connectivity index (χ2v) is 6.97. The van der Waals surface area contributed by atoms with E-state index < -0.39 is 9.04 Å². The molecule has 1 heterocycles. The van der Waals surface area contributed by atoms with E-state index in [0.717, 1.165) is 22.7 Å². The lowest BCUT2D eigenvalue weighted by Crippen LogP contribution is -2.12. The van der Waals surface area contributed by atoms with Gasteiger partial charge in [-0.05, 0) is 32.2 Å². The number of nitrogens with one attached hydrogen (secondary N) is 1. The van der Waals surface area contributed by atoms with Crippen molar-refractivity contribution in [3.8, 4) is 5.75 Å². The minimum Gasteiger partial charge on any atom is -0.547 e. The Morgan fingerprint density at radius 1 is 1.32 bits per heavy atom. The van der Waals surface area contributed by atoms with Crippen molar-refractivity contribution in [2.24, 2.45) is 4.99 Å². The second-order valence-electron chi connectivity index (χ2n) is 4.64. The first-order valence-corrected chi connectivity index (χ1v) is 9.20. The fourth-order valence-electron chi connectivity index (χ4n) is 1.75. The van der Waals surface area contributed by atoms with Crippen LogP contribution in [-0.4, -0.2) is 24.9 Å². The van der Waals surface area contributed by atoms with Gasteiger partial charge >= 0.3 is 0 Å². The maximum absolute atomic E-state index is 5.92. The van der Waals surface area contributed by atoms with Gasteiger partial charge < -0.3 is 4.43 Å². The van der Waals surface area contributed by atoms with E-state index in [1.54, 1.807) is 6.20 Å². The van der Waals surface area contributed by atoms with Crippen LogP contribution in [0.4, 0.5) is 0 Å². The first-order valence-electron chi connectivity index (χ1n) is 6.42. The first-order chi connectivity index (χ1) is 9.16. The molecule has 0 unspecified atom stereocenters. The summed E-state index contributed by atoms with van der Waals surface area (Å²) in [5.74, 6) is 0.961. The van der Waals surface area contributed by atoms with E-state index in [0.29, 0.717) is 6.54 Å². The van der Waals surface area contributed by atoms with Crippen LogP contribution < -0.4 is 4.43 Å². The number of para-hydroxylation sites is 1. The van der Waals surface area contributed by atoms with Crippen molar-refractivity contribution >= 4 is 14.8 Å². The highest BCUT2D eigenvalue weighted by atomic mass is 28.3. The zero-order valence-corrected chi connectivity index (χ0v) is 12.7. The SMILES string of the molecule is CC(=NCc1ccccc1O[SiH](C)C)c1cc[nH]n1. The number of nitrogens with zero attached hydrogens (tertiary/aromatic N) is 2. The summed E-state index contributed by atoms with van der Waals surface area (Å²) in [7, 11) is -1.09. The van der Waals surface area contributed by atoms with Crippen molar-refractivity contribution < 1.29 is 4.43 Å². The summed E-state index contributed by atoms with van der Waals surface area (Å²) in [5, 5.41) is 6.92. The first kappa shape index (κ1) is 13.5. The van der Waals surface area contributed by atoms with Gasteiger partial charge in [-0.25, -0.2) is 0 Å². The standard InChI is InChI=1S/C14H19N3OSi/c1-11(13-8-9-16-17-13)15-10-12-6-4-5-7-14(12)18-19(2)3/h4-9,19H,10H2,1-3H3,(H,16,17). The fourth-order valence-corrected chi connectivity index (χ4v) is 2.49. The highest BCUT2D eigenvalue weighted by Gasteiger charge is 2.05. The van der Waals surface area contributed by atoms with Crippen LogP contribution in [0.25, 0.3) is 0 Å². The maximum Gasteiger partial charge on any atom is 0.229 e. The molecule has 0 atom stereocenters. The number of aromatic amines is 1. The van der Waals surface area contributed by atoms with Crippen molar-refractivity contribution in [2.75, 3.05) is 0 Å². The topological polar surface area (TPSA) is 50.3 Å². The molecule has 0 radical (unpaired) electrons. The average Bonchev–Trinajstić information content (AvgIpc) is 2.90. The number of rotatable bonds is 5. The number of hydrogen-bond acceptors (Lipinski definition) is 3. The second kappa shape index (κ2) is 6.33. The smallest absolute Gasteiger partial charge is 0.229 e. The third-order valence-electron chi connectivity index (χ3n) is 2.69. The van der Waals surface area contributed by atoms with E-state index in [1.165, 1.54) is 0 Å². The number of benzene rings is 1. The van der Waals surface area contributed by atoms with Crippen molar-refractivity contribution in [1.82, 2.24) is 10.2 Å². The lowest BCUT2D eigenvalue weighted by molar-refractivity contribution is 0.571. The van der Waals surface area contributed by atoms with Crippen LogP contribution in [0.2, 0.25) is 13.1 Å². The fraction of sp³-hybridized carbons (Fsp3) is 0.286. The molecule has 2 aromatic rings. The van der Waals surface area contributed by atoms with Gasteiger partial charge in [-0.1, -0.05) is 18.2 Å². The zero-order valence-electron chi connectivity index (χ0n) is 11.6. The third-order valence-corrected chi connectivity index (χ3v) is 3.42. The van der Waals surface area contributed by atoms with Gasteiger partial charge in [-0.15, -0.1) is 0 Å². The van der Waals surface area contributed by atoms with E-state index in [4.69, 9.17) is 4.43 Å². The number of aromatic nitrogens is 2. The lowest BCUT2D eigenvalue weighted by Gasteiger charge is -2.12. The van der Waals surface area contributed by atoms with Crippen molar-refractivity contribution in [2.45, 2.75) is 26.6 Å².